The fourth-order valence-corrected chi connectivity index (χ4v) is 1.91. The molecule has 0 saturated carbocycles. The van der Waals surface area contributed by atoms with Crippen molar-refractivity contribution in [2.75, 3.05) is 7.11 Å². The molecule has 134 valence electrons. The first kappa shape index (κ1) is 29.0. The number of hydrogen-bond acceptors (Lipinski definition) is 1. The maximum atomic E-state index is 7.00. The minimum atomic E-state index is 1.00. The first-order valence-corrected chi connectivity index (χ1v) is 9.78. The van der Waals surface area contributed by atoms with Crippen molar-refractivity contribution in [1.29, 1.82) is 0 Å². The van der Waals surface area contributed by atoms with Gasteiger partial charge in [-0.2, -0.15) is 0 Å². The van der Waals surface area contributed by atoms with Gasteiger partial charge in [0.2, 0.25) is 0 Å². The van der Waals surface area contributed by atoms with Gasteiger partial charge in [-0.15, -0.1) is 0 Å². The lowest BCUT2D eigenvalue weighted by atomic mass is 10.1. The molecule has 0 aromatic rings. The van der Waals surface area contributed by atoms with Crippen LogP contribution in [0.1, 0.15) is 125 Å². The summed E-state index contributed by atoms with van der Waals surface area (Å²) in [7, 11) is 1.00. The number of hydrogen-bond donors (Lipinski definition) is 1. The topological polar surface area (TPSA) is 20.2 Å². The van der Waals surface area contributed by atoms with Crippen LogP contribution in [0.25, 0.3) is 0 Å². The predicted molar refractivity (Wildman–Crippen MR) is 102 cm³/mol. The summed E-state index contributed by atoms with van der Waals surface area (Å²) in [6.07, 6.45) is 18.7. The third-order valence-corrected chi connectivity index (χ3v) is 2.96. The minimum Gasteiger partial charge on any atom is -0.400 e. The smallest absolute Gasteiger partial charge is 0.0319 e. The van der Waals surface area contributed by atoms with Gasteiger partial charge in [0, 0.05) is 7.11 Å². The number of unbranched alkanes of at least 4 members (excludes halogenated alkanes) is 11. The second-order valence-electron chi connectivity index (χ2n) is 5.24. The van der Waals surface area contributed by atoms with Crippen molar-refractivity contribution in [3.63, 3.8) is 0 Å². The molecule has 0 saturated heterocycles. The Bertz CT molecular complexity index is 90.0. The molecular formula is C20H48O. The molecule has 0 radical (unpaired) electrons. The average Bonchev–Trinajstić information content (AvgIpc) is 2.54. The molecule has 0 spiro atoms. The molecule has 0 unspecified atom stereocenters. The summed E-state index contributed by atoms with van der Waals surface area (Å²) in [4.78, 5) is 0. The van der Waals surface area contributed by atoms with Crippen LogP contribution >= 0.6 is 0 Å². The van der Waals surface area contributed by atoms with Gasteiger partial charge in [-0.1, -0.05) is 125 Å². The van der Waals surface area contributed by atoms with Crippen LogP contribution < -0.4 is 0 Å². The van der Waals surface area contributed by atoms with Crippen LogP contribution in [0.5, 0.6) is 0 Å². The zero-order valence-corrected chi connectivity index (χ0v) is 16.6. The summed E-state index contributed by atoms with van der Waals surface area (Å²) >= 11 is 0. The molecule has 0 atom stereocenters. The highest BCUT2D eigenvalue weighted by Gasteiger charge is 1.91. The van der Waals surface area contributed by atoms with Crippen molar-refractivity contribution in [1.82, 2.24) is 0 Å². The highest BCUT2D eigenvalue weighted by Crippen LogP contribution is 2.11. The molecule has 0 amide bonds. The lowest BCUT2D eigenvalue weighted by molar-refractivity contribution is 0.399. The van der Waals surface area contributed by atoms with Gasteiger partial charge in [-0.25, -0.2) is 0 Å². The van der Waals surface area contributed by atoms with Crippen molar-refractivity contribution in [3.05, 3.63) is 0 Å². The van der Waals surface area contributed by atoms with Gasteiger partial charge in [0.25, 0.3) is 0 Å². The van der Waals surface area contributed by atoms with Crippen LogP contribution in [0.4, 0.5) is 0 Å². The Balaban J connectivity index is -0.000000176. The summed E-state index contributed by atoms with van der Waals surface area (Å²) in [5, 5.41) is 7.00. The van der Waals surface area contributed by atoms with E-state index in [0.29, 0.717) is 0 Å². The molecule has 21 heavy (non-hydrogen) atoms. The molecule has 1 heteroatoms. The van der Waals surface area contributed by atoms with Gasteiger partial charge in [0.15, 0.2) is 0 Å². The first-order valence-electron chi connectivity index (χ1n) is 9.78. The van der Waals surface area contributed by atoms with Gasteiger partial charge in [0.05, 0.1) is 0 Å². The Morgan fingerprint density at radius 1 is 0.429 bits per heavy atom. The highest BCUT2D eigenvalue weighted by atomic mass is 16.2. The molecule has 0 bridgehead atoms. The molecule has 0 fully saturated rings. The van der Waals surface area contributed by atoms with Gasteiger partial charge in [-0.3, -0.25) is 0 Å². The maximum Gasteiger partial charge on any atom is 0.0319 e. The second-order valence-corrected chi connectivity index (χ2v) is 5.24. The van der Waals surface area contributed by atoms with Crippen LogP contribution in [-0.2, 0) is 0 Å². The van der Waals surface area contributed by atoms with E-state index in [0.717, 1.165) is 7.11 Å². The zero-order valence-electron chi connectivity index (χ0n) is 16.6. The normalized spacial score (nSPS) is 8.57. The lowest BCUT2D eigenvalue weighted by Crippen LogP contribution is -1.81. The molecule has 0 aliphatic carbocycles. The molecule has 1 N–H and O–H groups in total. The molecule has 0 rings (SSSR count). The van der Waals surface area contributed by atoms with E-state index in [4.69, 9.17) is 5.11 Å². The van der Waals surface area contributed by atoms with Crippen LogP contribution in [0.15, 0.2) is 0 Å². The standard InChI is InChI=1S/C14H30.C3H8.C2H6.CH4O/c1-3-5-7-9-11-13-14-12-10-8-6-4-2;1-3-2;2*1-2/h3-14H2,1-2H3;3H2,1-2H3;1-2H3;2H,1H3. The maximum absolute atomic E-state index is 7.00. The third kappa shape index (κ3) is 53.6. The molecule has 0 aliphatic rings. The fourth-order valence-electron chi connectivity index (χ4n) is 1.91. The van der Waals surface area contributed by atoms with E-state index in [-0.39, 0.29) is 0 Å². The van der Waals surface area contributed by atoms with Gasteiger partial charge in [0.1, 0.15) is 0 Å². The van der Waals surface area contributed by atoms with Crippen molar-refractivity contribution in [3.8, 4) is 0 Å². The first-order chi connectivity index (χ1) is 10.3. The van der Waals surface area contributed by atoms with Crippen molar-refractivity contribution in [2.24, 2.45) is 0 Å². The van der Waals surface area contributed by atoms with Crippen molar-refractivity contribution < 1.29 is 5.11 Å². The van der Waals surface area contributed by atoms with Crippen LogP contribution in [-0.4, -0.2) is 12.2 Å². The number of aliphatic hydroxyl groups excluding tert-OH is 1. The van der Waals surface area contributed by atoms with Gasteiger partial charge in [-0.05, 0) is 0 Å². The summed E-state index contributed by atoms with van der Waals surface area (Å²) in [6.45, 7) is 12.8. The molecular weight excluding hydrogens is 256 g/mol. The SMILES string of the molecule is CC.CCC.CCCCCCCCCCCCCC.CO. The Morgan fingerprint density at radius 2 is 0.571 bits per heavy atom. The predicted octanol–water partition coefficient (Wildman–Crippen LogP) is 7.76. The fraction of sp³-hybridized carbons (Fsp3) is 1.00. The average molecular weight is 305 g/mol. The molecule has 0 aromatic carbocycles. The van der Waals surface area contributed by atoms with Crippen molar-refractivity contribution >= 4 is 0 Å². The summed E-state index contributed by atoms with van der Waals surface area (Å²) < 4.78 is 0. The van der Waals surface area contributed by atoms with E-state index in [1.807, 2.05) is 13.8 Å². The quantitative estimate of drug-likeness (QED) is 0.387. The van der Waals surface area contributed by atoms with Gasteiger partial charge >= 0.3 is 0 Å². The summed E-state index contributed by atoms with van der Waals surface area (Å²) in [6, 6.07) is 0. The third-order valence-electron chi connectivity index (χ3n) is 2.96. The second kappa shape index (κ2) is 42.7. The zero-order chi connectivity index (χ0) is 17.2. The van der Waals surface area contributed by atoms with E-state index >= 15 is 0 Å². The summed E-state index contributed by atoms with van der Waals surface area (Å²) in [5.74, 6) is 0. The van der Waals surface area contributed by atoms with E-state index in [1.54, 1.807) is 0 Å². The van der Waals surface area contributed by atoms with E-state index in [2.05, 4.69) is 27.7 Å². The molecule has 0 aliphatic heterocycles. The van der Waals surface area contributed by atoms with E-state index < -0.39 is 0 Å². The Hall–Kier alpha value is -0.0400. The molecule has 0 heterocycles. The molecule has 0 aromatic heterocycles. The van der Waals surface area contributed by atoms with Crippen LogP contribution in [0, 0.1) is 0 Å². The Morgan fingerprint density at radius 3 is 0.714 bits per heavy atom. The monoisotopic (exact) mass is 304 g/mol. The summed E-state index contributed by atoms with van der Waals surface area (Å²) in [5.41, 5.74) is 0. The largest absolute Gasteiger partial charge is 0.400 e. The minimum absolute atomic E-state index is 1.00. The lowest BCUT2D eigenvalue weighted by Gasteiger charge is -2.01. The van der Waals surface area contributed by atoms with Gasteiger partial charge < -0.3 is 5.11 Å². The van der Waals surface area contributed by atoms with E-state index in [1.165, 1.54) is 83.5 Å². The number of rotatable bonds is 11. The number of aliphatic hydroxyl groups is 1. The highest BCUT2D eigenvalue weighted by molar-refractivity contribution is 4.47. The van der Waals surface area contributed by atoms with Crippen molar-refractivity contribution in [2.45, 2.75) is 125 Å². The van der Waals surface area contributed by atoms with Crippen LogP contribution in [0.2, 0.25) is 0 Å². The Kier molecular flexibility index (Phi) is 59.1. The van der Waals surface area contributed by atoms with Crippen LogP contribution in [0.3, 0.4) is 0 Å². The molecule has 1 nitrogen and oxygen atoms in total. The van der Waals surface area contributed by atoms with E-state index in [9.17, 15) is 0 Å². The Labute approximate surface area is 137 Å².